The molecule has 2 atom stereocenters. The van der Waals surface area contributed by atoms with Crippen LogP contribution >= 0.6 is 23.1 Å². The van der Waals surface area contributed by atoms with Gasteiger partial charge in [0.15, 0.2) is 10.0 Å². The summed E-state index contributed by atoms with van der Waals surface area (Å²) in [7, 11) is 0. The topological polar surface area (TPSA) is 110 Å². The maximum absolute atomic E-state index is 12.3. The number of aryl methyl sites for hydroxylation is 1. The number of carboxylic acids is 1. The molecule has 26 heavy (non-hydrogen) atoms. The molecule has 1 unspecified atom stereocenters. The number of thioether (sulfide) groups is 1. The number of rotatable bonds is 7. The van der Waals surface area contributed by atoms with Crippen LogP contribution in [0.4, 0.5) is 0 Å². The number of hydrogen-bond donors (Lipinski definition) is 2. The Morgan fingerprint density at radius 1 is 1.58 bits per heavy atom. The van der Waals surface area contributed by atoms with Gasteiger partial charge in [0.2, 0.25) is 5.91 Å². The summed E-state index contributed by atoms with van der Waals surface area (Å²) in [5, 5.41) is 10.4. The van der Waals surface area contributed by atoms with E-state index in [1.165, 1.54) is 28.5 Å². The van der Waals surface area contributed by atoms with Crippen molar-refractivity contribution in [1.29, 1.82) is 0 Å². The van der Waals surface area contributed by atoms with E-state index in [0.29, 0.717) is 35.2 Å². The first kappa shape index (κ1) is 18.9. The molecule has 0 bridgehead atoms. The second kappa shape index (κ2) is 7.42. The second-order valence-electron chi connectivity index (χ2n) is 6.49. The van der Waals surface area contributed by atoms with E-state index in [2.05, 4.69) is 4.98 Å². The maximum Gasteiger partial charge on any atom is 0.355 e. The van der Waals surface area contributed by atoms with Gasteiger partial charge in [0.25, 0.3) is 0 Å². The number of nitrogens with two attached hydrogens (primary N) is 1. The fourth-order valence-corrected chi connectivity index (χ4v) is 4.99. The SMILES string of the molecule is Cc1ccc(C(C)(N)[C@H]2CCC(=O)N2CCSc2nc(C(=O)O)cs2)o1. The zero-order valence-electron chi connectivity index (χ0n) is 14.6. The summed E-state index contributed by atoms with van der Waals surface area (Å²) < 4.78 is 6.39. The van der Waals surface area contributed by atoms with Crippen LogP contribution in [-0.4, -0.2) is 45.2 Å². The van der Waals surface area contributed by atoms with Crippen molar-refractivity contribution in [3.05, 3.63) is 34.7 Å². The number of aromatic nitrogens is 1. The minimum atomic E-state index is -1.03. The molecule has 1 saturated heterocycles. The summed E-state index contributed by atoms with van der Waals surface area (Å²) in [5.41, 5.74) is 5.85. The molecule has 3 heterocycles. The number of amides is 1. The van der Waals surface area contributed by atoms with Crippen LogP contribution in [0.25, 0.3) is 0 Å². The molecule has 140 valence electrons. The number of aromatic carboxylic acids is 1. The summed E-state index contributed by atoms with van der Waals surface area (Å²) in [4.78, 5) is 29.1. The molecular formula is C17H21N3O4S2. The lowest BCUT2D eigenvalue weighted by molar-refractivity contribution is -0.129. The summed E-state index contributed by atoms with van der Waals surface area (Å²) in [6, 6.07) is 3.61. The normalized spacial score (nSPS) is 19.7. The Labute approximate surface area is 159 Å². The number of hydrogen-bond acceptors (Lipinski definition) is 7. The fourth-order valence-electron chi connectivity index (χ4n) is 3.18. The van der Waals surface area contributed by atoms with Gasteiger partial charge in [-0.25, -0.2) is 9.78 Å². The van der Waals surface area contributed by atoms with E-state index in [9.17, 15) is 9.59 Å². The van der Waals surface area contributed by atoms with Gasteiger partial charge in [0.05, 0.1) is 11.6 Å². The number of furan rings is 1. The molecule has 3 rings (SSSR count). The van der Waals surface area contributed by atoms with Gasteiger partial charge in [0, 0.05) is 24.1 Å². The van der Waals surface area contributed by atoms with Crippen molar-refractivity contribution in [3.8, 4) is 0 Å². The number of nitrogens with zero attached hydrogens (tertiary/aromatic N) is 2. The third-order valence-electron chi connectivity index (χ3n) is 4.55. The molecule has 1 aliphatic rings. The van der Waals surface area contributed by atoms with E-state index in [4.69, 9.17) is 15.3 Å². The molecular weight excluding hydrogens is 374 g/mol. The highest BCUT2D eigenvalue weighted by Crippen LogP contribution is 2.34. The van der Waals surface area contributed by atoms with Crippen LogP contribution in [0, 0.1) is 6.92 Å². The third kappa shape index (κ3) is 3.79. The van der Waals surface area contributed by atoms with Crippen LogP contribution in [0.2, 0.25) is 0 Å². The van der Waals surface area contributed by atoms with Crippen molar-refractivity contribution in [2.45, 2.75) is 42.6 Å². The number of likely N-dealkylation sites (tertiary alicyclic amines) is 1. The Morgan fingerprint density at radius 2 is 2.35 bits per heavy atom. The molecule has 1 aliphatic heterocycles. The van der Waals surface area contributed by atoms with Gasteiger partial charge in [0.1, 0.15) is 11.5 Å². The first-order valence-corrected chi connectivity index (χ1v) is 10.1. The first-order chi connectivity index (χ1) is 12.3. The van der Waals surface area contributed by atoms with Crippen LogP contribution < -0.4 is 5.73 Å². The Kier molecular flexibility index (Phi) is 5.40. The number of carboxylic acid groups (broad SMARTS) is 1. The van der Waals surface area contributed by atoms with Gasteiger partial charge in [-0.1, -0.05) is 11.8 Å². The molecule has 2 aromatic heterocycles. The van der Waals surface area contributed by atoms with Gasteiger partial charge < -0.3 is 20.2 Å². The van der Waals surface area contributed by atoms with E-state index in [1.807, 2.05) is 30.9 Å². The summed E-state index contributed by atoms with van der Waals surface area (Å²) in [6.45, 7) is 4.30. The van der Waals surface area contributed by atoms with Gasteiger partial charge >= 0.3 is 5.97 Å². The molecule has 2 aromatic rings. The molecule has 9 heteroatoms. The molecule has 0 saturated carbocycles. The molecule has 0 aliphatic carbocycles. The molecule has 0 spiro atoms. The van der Waals surface area contributed by atoms with Crippen LogP contribution in [0.5, 0.6) is 0 Å². The standard InChI is InChI=1S/C17H21N3O4S2/c1-10-3-5-13(24-10)17(2,18)12-4-6-14(21)20(12)7-8-25-16-19-11(9-26-16)15(22)23/h3,5,9,12H,4,6-8,18H2,1-2H3,(H,22,23)/t12-,17?/m1/s1. The molecule has 0 radical (unpaired) electrons. The highest BCUT2D eigenvalue weighted by atomic mass is 32.2. The lowest BCUT2D eigenvalue weighted by atomic mass is 9.89. The predicted octanol–water partition coefficient (Wildman–Crippen LogP) is 2.70. The van der Waals surface area contributed by atoms with Gasteiger partial charge in [-0.05, 0) is 32.4 Å². The quantitative estimate of drug-likeness (QED) is 0.694. The van der Waals surface area contributed by atoms with Crippen LogP contribution in [0.3, 0.4) is 0 Å². The van der Waals surface area contributed by atoms with Crippen LogP contribution in [0.15, 0.2) is 26.3 Å². The largest absolute Gasteiger partial charge is 0.476 e. The van der Waals surface area contributed by atoms with Gasteiger partial charge in [-0.2, -0.15) is 0 Å². The Morgan fingerprint density at radius 3 is 2.96 bits per heavy atom. The van der Waals surface area contributed by atoms with Crippen molar-refractivity contribution in [3.63, 3.8) is 0 Å². The highest BCUT2D eigenvalue weighted by molar-refractivity contribution is 8.01. The molecule has 0 aromatic carbocycles. The van der Waals surface area contributed by atoms with Crippen molar-refractivity contribution < 1.29 is 19.1 Å². The van der Waals surface area contributed by atoms with Crippen molar-refractivity contribution >= 4 is 35.0 Å². The minimum absolute atomic E-state index is 0.0512. The summed E-state index contributed by atoms with van der Waals surface area (Å²) in [6.07, 6.45) is 1.17. The maximum atomic E-state index is 12.3. The molecule has 1 amide bonds. The molecule has 3 N–H and O–H groups in total. The average molecular weight is 396 g/mol. The summed E-state index contributed by atoms with van der Waals surface area (Å²) in [5.74, 6) is 1.15. The zero-order valence-corrected chi connectivity index (χ0v) is 16.2. The lowest BCUT2D eigenvalue weighted by Gasteiger charge is -2.36. The molecule has 7 nitrogen and oxygen atoms in total. The van der Waals surface area contributed by atoms with E-state index in [0.717, 1.165) is 5.76 Å². The van der Waals surface area contributed by atoms with Gasteiger partial charge in [-0.15, -0.1) is 11.3 Å². The van der Waals surface area contributed by atoms with Crippen molar-refractivity contribution in [1.82, 2.24) is 9.88 Å². The Hall–Kier alpha value is -1.84. The number of carbonyl (C=O) groups is 2. The van der Waals surface area contributed by atoms with Crippen molar-refractivity contribution in [2.75, 3.05) is 12.3 Å². The first-order valence-electron chi connectivity index (χ1n) is 8.26. The number of carbonyl (C=O) groups excluding carboxylic acids is 1. The third-order valence-corrected chi connectivity index (χ3v) is 6.55. The van der Waals surface area contributed by atoms with E-state index >= 15 is 0 Å². The van der Waals surface area contributed by atoms with E-state index < -0.39 is 11.5 Å². The zero-order chi connectivity index (χ0) is 18.9. The molecule has 1 fully saturated rings. The minimum Gasteiger partial charge on any atom is -0.476 e. The van der Waals surface area contributed by atoms with Gasteiger partial charge in [-0.3, -0.25) is 4.79 Å². The highest BCUT2D eigenvalue weighted by Gasteiger charge is 2.44. The Bertz CT molecular complexity index is 815. The number of thiazole rings is 1. The van der Waals surface area contributed by atoms with E-state index in [1.54, 1.807) is 0 Å². The van der Waals surface area contributed by atoms with Crippen LogP contribution in [0.1, 0.15) is 41.8 Å². The summed E-state index contributed by atoms with van der Waals surface area (Å²) >= 11 is 2.74. The monoisotopic (exact) mass is 395 g/mol. The second-order valence-corrected chi connectivity index (χ2v) is 8.69. The van der Waals surface area contributed by atoms with Crippen molar-refractivity contribution in [2.24, 2.45) is 5.73 Å². The predicted molar refractivity (Wildman–Crippen MR) is 99.5 cm³/mol. The lowest BCUT2D eigenvalue weighted by Crippen LogP contribution is -2.52. The Balaban J connectivity index is 1.65. The van der Waals surface area contributed by atoms with Crippen LogP contribution in [-0.2, 0) is 10.3 Å². The van der Waals surface area contributed by atoms with E-state index in [-0.39, 0.29) is 17.6 Å². The fraction of sp³-hybridized carbons (Fsp3) is 0.471. The smallest absolute Gasteiger partial charge is 0.355 e. The average Bonchev–Trinajstić information content (AvgIpc) is 3.29.